The number of alkyl halides is 2. The van der Waals surface area contributed by atoms with E-state index in [0.717, 1.165) is 12.8 Å². The van der Waals surface area contributed by atoms with Gasteiger partial charge in [-0.25, -0.2) is 0 Å². The molecule has 0 aromatic carbocycles. The van der Waals surface area contributed by atoms with Crippen LogP contribution in [0.4, 0.5) is 0 Å². The van der Waals surface area contributed by atoms with E-state index in [4.69, 9.17) is 27.9 Å². The van der Waals surface area contributed by atoms with Gasteiger partial charge in [0, 0.05) is 0 Å². The van der Waals surface area contributed by atoms with E-state index in [0.29, 0.717) is 24.2 Å². The first-order chi connectivity index (χ1) is 8.31. The van der Waals surface area contributed by atoms with Gasteiger partial charge in [0.15, 0.2) is 0 Å². The van der Waals surface area contributed by atoms with Crippen molar-refractivity contribution in [3.63, 3.8) is 0 Å². The normalized spacial score (nSPS) is 38.6. The molecule has 2 saturated carbocycles. The molecule has 0 unspecified atom stereocenters. The molecular formula is C14H22Cl2O2. The molecule has 2 fully saturated rings. The van der Waals surface area contributed by atoms with Crippen molar-refractivity contribution in [2.24, 2.45) is 23.7 Å². The zero-order valence-electron chi connectivity index (χ0n) is 11.3. The minimum Gasteiger partial charge on any atom is -0.462 e. The Morgan fingerprint density at radius 3 is 2.44 bits per heavy atom. The maximum Gasteiger partial charge on any atom is 0.312 e. The van der Waals surface area contributed by atoms with E-state index in [2.05, 4.69) is 20.8 Å². The van der Waals surface area contributed by atoms with Gasteiger partial charge in [-0.2, -0.15) is 0 Å². The molecule has 0 spiro atoms. The molecule has 2 aliphatic rings. The minimum atomic E-state index is -0.870. The topological polar surface area (TPSA) is 26.3 Å². The molecule has 104 valence electrons. The Kier molecular flexibility index (Phi) is 4.18. The molecule has 4 atom stereocenters. The van der Waals surface area contributed by atoms with E-state index in [1.807, 2.05) is 0 Å². The third-order valence-corrected chi connectivity index (χ3v) is 5.17. The number of hydrogen-bond acceptors (Lipinski definition) is 2. The summed E-state index contributed by atoms with van der Waals surface area (Å²) in [6.07, 6.45) is 3.93. The first-order valence-corrected chi connectivity index (χ1v) is 7.65. The molecule has 0 radical (unpaired) electrons. The third kappa shape index (κ3) is 3.14. The number of ether oxygens (including phenoxy) is 1. The summed E-state index contributed by atoms with van der Waals surface area (Å²) in [4.78, 5) is 12.0. The van der Waals surface area contributed by atoms with Gasteiger partial charge in [-0.1, -0.05) is 27.2 Å². The van der Waals surface area contributed by atoms with Gasteiger partial charge in [0.2, 0.25) is 0 Å². The fourth-order valence-electron chi connectivity index (χ4n) is 2.95. The highest BCUT2D eigenvalue weighted by atomic mass is 35.5. The van der Waals surface area contributed by atoms with E-state index >= 15 is 0 Å². The Hall–Kier alpha value is 0.0500. The molecule has 2 nitrogen and oxygen atoms in total. The van der Waals surface area contributed by atoms with Gasteiger partial charge in [-0.15, -0.1) is 23.2 Å². The van der Waals surface area contributed by atoms with Crippen LogP contribution in [0.3, 0.4) is 0 Å². The first kappa shape index (κ1) is 14.5. The molecule has 0 bridgehead atoms. The highest BCUT2D eigenvalue weighted by Gasteiger charge is 2.58. The van der Waals surface area contributed by atoms with E-state index in [1.54, 1.807) is 0 Å². The van der Waals surface area contributed by atoms with Crippen LogP contribution in [0.5, 0.6) is 0 Å². The van der Waals surface area contributed by atoms with Gasteiger partial charge >= 0.3 is 5.97 Å². The summed E-state index contributed by atoms with van der Waals surface area (Å²) in [5, 5.41) is 0. The summed E-state index contributed by atoms with van der Waals surface area (Å²) in [7, 11) is 0. The number of esters is 1. The Morgan fingerprint density at radius 1 is 1.33 bits per heavy atom. The SMILES string of the molecule is CC(C)[C@@H]1CC[C@@H](C)C[C@H]1OC(=O)[C@H]1CC1(Cl)Cl. The van der Waals surface area contributed by atoms with Crippen LogP contribution in [-0.2, 0) is 9.53 Å². The van der Waals surface area contributed by atoms with Crippen LogP contribution in [0.2, 0.25) is 0 Å². The van der Waals surface area contributed by atoms with Crippen molar-refractivity contribution < 1.29 is 9.53 Å². The van der Waals surface area contributed by atoms with E-state index in [-0.39, 0.29) is 18.0 Å². The Balaban J connectivity index is 1.94. The van der Waals surface area contributed by atoms with Gasteiger partial charge in [-0.3, -0.25) is 4.79 Å². The smallest absolute Gasteiger partial charge is 0.312 e. The average molecular weight is 293 g/mol. The maximum absolute atomic E-state index is 12.0. The van der Waals surface area contributed by atoms with Crippen LogP contribution in [-0.4, -0.2) is 16.4 Å². The predicted octanol–water partition coefficient (Wildman–Crippen LogP) is 4.18. The van der Waals surface area contributed by atoms with Crippen molar-refractivity contribution >= 4 is 29.2 Å². The molecule has 0 heterocycles. The third-order valence-electron chi connectivity index (χ3n) is 4.34. The summed E-state index contributed by atoms with van der Waals surface area (Å²) < 4.78 is 4.82. The summed E-state index contributed by atoms with van der Waals surface area (Å²) in [5.41, 5.74) is 0. The lowest BCUT2D eigenvalue weighted by molar-refractivity contribution is -0.157. The second-order valence-electron chi connectivity index (χ2n) is 6.32. The summed E-state index contributed by atoms with van der Waals surface area (Å²) in [6, 6.07) is 0. The quantitative estimate of drug-likeness (QED) is 0.576. The molecule has 0 aliphatic heterocycles. The molecule has 0 aromatic heterocycles. The highest BCUT2D eigenvalue weighted by molar-refractivity contribution is 6.52. The van der Waals surface area contributed by atoms with Crippen molar-refractivity contribution in [1.82, 2.24) is 0 Å². The number of hydrogen-bond donors (Lipinski definition) is 0. The summed E-state index contributed by atoms with van der Waals surface area (Å²) >= 11 is 11.8. The monoisotopic (exact) mass is 292 g/mol. The van der Waals surface area contributed by atoms with Gasteiger partial charge in [-0.05, 0) is 37.0 Å². The molecule has 2 rings (SSSR count). The Morgan fingerprint density at radius 2 is 1.94 bits per heavy atom. The van der Waals surface area contributed by atoms with Crippen molar-refractivity contribution in [3.8, 4) is 0 Å². The molecule has 4 heteroatoms. The van der Waals surface area contributed by atoms with E-state index in [1.165, 1.54) is 6.42 Å². The Bertz CT molecular complexity index is 328. The fraction of sp³-hybridized carbons (Fsp3) is 0.929. The second-order valence-corrected chi connectivity index (χ2v) is 7.86. The number of halogens is 2. The molecular weight excluding hydrogens is 271 g/mol. The zero-order valence-corrected chi connectivity index (χ0v) is 12.8. The lowest BCUT2D eigenvalue weighted by atomic mass is 9.75. The van der Waals surface area contributed by atoms with E-state index < -0.39 is 4.33 Å². The predicted molar refractivity (Wildman–Crippen MR) is 73.8 cm³/mol. The van der Waals surface area contributed by atoms with Crippen LogP contribution in [0.15, 0.2) is 0 Å². The lowest BCUT2D eigenvalue weighted by Gasteiger charge is -2.36. The van der Waals surface area contributed by atoms with Gasteiger partial charge in [0.1, 0.15) is 10.4 Å². The van der Waals surface area contributed by atoms with Gasteiger partial charge in [0.25, 0.3) is 0 Å². The highest BCUT2D eigenvalue weighted by Crippen LogP contribution is 2.54. The average Bonchev–Trinajstić information content (AvgIpc) is 2.87. The molecule has 2 aliphatic carbocycles. The van der Waals surface area contributed by atoms with Crippen molar-refractivity contribution in [2.45, 2.75) is 56.9 Å². The van der Waals surface area contributed by atoms with E-state index in [9.17, 15) is 4.79 Å². The van der Waals surface area contributed by atoms with Crippen molar-refractivity contribution in [2.75, 3.05) is 0 Å². The molecule has 0 saturated heterocycles. The minimum absolute atomic E-state index is 0.0472. The van der Waals surface area contributed by atoms with Crippen molar-refractivity contribution in [3.05, 3.63) is 0 Å². The second kappa shape index (κ2) is 5.20. The standard InChI is InChI=1S/C14H22Cl2O2/c1-8(2)10-5-4-9(3)6-12(10)18-13(17)11-7-14(11,15)16/h8-12H,4-7H2,1-3H3/t9-,10+,11-,12-/m1/s1. The van der Waals surface area contributed by atoms with Gasteiger partial charge in [0.05, 0.1) is 5.92 Å². The van der Waals surface area contributed by atoms with Crippen LogP contribution in [0.25, 0.3) is 0 Å². The largest absolute Gasteiger partial charge is 0.462 e. The first-order valence-electron chi connectivity index (χ1n) is 6.89. The number of rotatable bonds is 3. The zero-order chi connectivity index (χ0) is 13.5. The fourth-order valence-corrected chi connectivity index (χ4v) is 3.44. The van der Waals surface area contributed by atoms with Crippen LogP contribution in [0, 0.1) is 23.7 Å². The number of carbonyl (C=O) groups is 1. The summed E-state index contributed by atoms with van der Waals surface area (Å²) in [5.74, 6) is 1.14. The molecule has 0 N–H and O–H groups in total. The molecule has 0 aromatic rings. The molecule has 18 heavy (non-hydrogen) atoms. The van der Waals surface area contributed by atoms with Crippen LogP contribution >= 0.6 is 23.2 Å². The number of carbonyl (C=O) groups excluding carboxylic acids is 1. The van der Waals surface area contributed by atoms with Crippen molar-refractivity contribution in [1.29, 1.82) is 0 Å². The lowest BCUT2D eigenvalue weighted by Crippen LogP contribution is -2.36. The van der Waals surface area contributed by atoms with Crippen LogP contribution in [0.1, 0.15) is 46.5 Å². The molecule has 0 amide bonds. The van der Waals surface area contributed by atoms with Crippen LogP contribution < -0.4 is 0 Å². The van der Waals surface area contributed by atoms with Gasteiger partial charge < -0.3 is 4.74 Å². The summed E-state index contributed by atoms with van der Waals surface area (Å²) in [6.45, 7) is 6.62. The Labute approximate surface area is 119 Å². The maximum atomic E-state index is 12.0.